The maximum Gasteiger partial charge on any atom is 0.0215 e. The topological polar surface area (TPSA) is 15.3 Å². The molecule has 1 unspecified atom stereocenters. The van der Waals surface area contributed by atoms with Crippen molar-refractivity contribution >= 4 is 0 Å². The van der Waals surface area contributed by atoms with E-state index in [2.05, 4.69) is 12.3 Å². The summed E-state index contributed by atoms with van der Waals surface area (Å²) < 4.78 is 0. The maximum absolute atomic E-state index is 3.34. The van der Waals surface area contributed by atoms with E-state index in [1.807, 2.05) is 19.1 Å². The maximum atomic E-state index is 3.34. The van der Waals surface area contributed by atoms with Gasteiger partial charge in [-0.2, -0.15) is 0 Å². The summed E-state index contributed by atoms with van der Waals surface area (Å²) in [7, 11) is 4.08. The molecule has 1 fully saturated rings. The van der Waals surface area contributed by atoms with E-state index >= 15 is 0 Å². The number of hydrazine groups is 1. The Morgan fingerprint density at radius 2 is 2.00 bits per heavy atom. The lowest BCUT2D eigenvalue weighted by Gasteiger charge is -2.18. The van der Waals surface area contributed by atoms with E-state index < -0.39 is 0 Å². The van der Waals surface area contributed by atoms with Crippen LogP contribution in [0.3, 0.4) is 0 Å². The van der Waals surface area contributed by atoms with Crippen molar-refractivity contribution in [1.29, 1.82) is 0 Å². The minimum absolute atomic E-state index is 0.681. The third-order valence-electron chi connectivity index (χ3n) is 1.79. The first-order valence-electron chi connectivity index (χ1n) is 3.63. The van der Waals surface area contributed by atoms with Crippen LogP contribution in [0, 0.1) is 5.92 Å². The van der Waals surface area contributed by atoms with Crippen LogP contribution in [0.5, 0.6) is 0 Å². The molecule has 0 amide bonds. The van der Waals surface area contributed by atoms with Gasteiger partial charge in [0, 0.05) is 20.1 Å². The molecule has 0 bridgehead atoms. The zero-order valence-electron chi connectivity index (χ0n) is 6.52. The Labute approximate surface area is 57.2 Å². The van der Waals surface area contributed by atoms with Gasteiger partial charge in [-0.3, -0.25) is 10.4 Å². The first-order valence-corrected chi connectivity index (χ1v) is 3.63. The zero-order valence-corrected chi connectivity index (χ0v) is 6.52. The highest BCUT2D eigenvalue weighted by molar-refractivity contribution is 4.81. The Balaban J connectivity index is 2.10. The molecule has 0 heterocycles. The van der Waals surface area contributed by atoms with E-state index in [9.17, 15) is 0 Å². The summed E-state index contributed by atoms with van der Waals surface area (Å²) in [4.78, 5) is 0. The molecule has 0 radical (unpaired) electrons. The van der Waals surface area contributed by atoms with Crippen molar-refractivity contribution in [1.82, 2.24) is 10.4 Å². The van der Waals surface area contributed by atoms with Gasteiger partial charge in [0.05, 0.1) is 0 Å². The lowest BCUT2D eigenvalue weighted by Crippen LogP contribution is -2.39. The molecule has 2 nitrogen and oxygen atoms in total. The van der Waals surface area contributed by atoms with Crippen LogP contribution >= 0.6 is 0 Å². The highest BCUT2D eigenvalue weighted by Crippen LogP contribution is 2.32. The fourth-order valence-corrected chi connectivity index (χ4v) is 1.11. The summed E-state index contributed by atoms with van der Waals surface area (Å²) in [5, 5.41) is 2.03. The summed E-state index contributed by atoms with van der Waals surface area (Å²) in [5.41, 5.74) is 3.34. The summed E-state index contributed by atoms with van der Waals surface area (Å²) in [6.45, 7) is 2.25. The van der Waals surface area contributed by atoms with Crippen LogP contribution in [0.4, 0.5) is 0 Å². The highest BCUT2D eigenvalue weighted by Gasteiger charge is 2.27. The number of rotatable bonds is 3. The third-order valence-corrected chi connectivity index (χ3v) is 1.79. The van der Waals surface area contributed by atoms with Gasteiger partial charge < -0.3 is 0 Å². The minimum atomic E-state index is 0.681. The molecule has 1 atom stereocenters. The summed E-state index contributed by atoms with van der Waals surface area (Å²) in [5.74, 6) is 0.951. The average molecular weight is 128 g/mol. The van der Waals surface area contributed by atoms with Gasteiger partial charge in [0.2, 0.25) is 0 Å². The molecule has 1 N–H and O–H groups in total. The molecule has 1 aliphatic carbocycles. The van der Waals surface area contributed by atoms with Crippen LogP contribution in [0.1, 0.15) is 19.8 Å². The molecule has 54 valence electrons. The van der Waals surface area contributed by atoms with Crippen molar-refractivity contribution in [2.45, 2.75) is 25.8 Å². The fraction of sp³-hybridized carbons (Fsp3) is 1.00. The number of hydrogen-bond donors (Lipinski definition) is 1. The Morgan fingerprint density at radius 3 is 2.33 bits per heavy atom. The lowest BCUT2D eigenvalue weighted by atomic mass is 10.2. The van der Waals surface area contributed by atoms with Gasteiger partial charge in [-0.25, -0.2) is 0 Å². The van der Waals surface area contributed by atoms with Crippen molar-refractivity contribution in [3.05, 3.63) is 0 Å². The van der Waals surface area contributed by atoms with Gasteiger partial charge in [0.15, 0.2) is 0 Å². The third kappa shape index (κ3) is 2.33. The second-order valence-electron chi connectivity index (χ2n) is 3.15. The molecule has 0 spiro atoms. The SMILES string of the molecule is CC(NN(C)C)C1CC1. The predicted molar refractivity (Wildman–Crippen MR) is 39.0 cm³/mol. The molecule has 9 heavy (non-hydrogen) atoms. The number of hydrogen-bond acceptors (Lipinski definition) is 2. The van der Waals surface area contributed by atoms with Crippen molar-refractivity contribution in [3.8, 4) is 0 Å². The normalized spacial score (nSPS) is 22.7. The molecule has 0 aliphatic heterocycles. The highest BCUT2D eigenvalue weighted by atomic mass is 15.5. The van der Waals surface area contributed by atoms with Crippen LogP contribution in [-0.4, -0.2) is 25.1 Å². The van der Waals surface area contributed by atoms with E-state index in [-0.39, 0.29) is 0 Å². The molecular weight excluding hydrogens is 112 g/mol. The van der Waals surface area contributed by atoms with Gasteiger partial charge in [0.25, 0.3) is 0 Å². The van der Waals surface area contributed by atoms with Crippen molar-refractivity contribution in [3.63, 3.8) is 0 Å². The summed E-state index contributed by atoms with van der Waals surface area (Å²) in [6.07, 6.45) is 2.84. The van der Waals surface area contributed by atoms with E-state index in [1.54, 1.807) is 0 Å². The molecule has 0 aromatic rings. The largest absolute Gasteiger partial charge is 0.253 e. The number of nitrogens with zero attached hydrogens (tertiary/aromatic N) is 1. The molecule has 2 heteroatoms. The Bertz CT molecular complexity index is 86.9. The lowest BCUT2D eigenvalue weighted by molar-refractivity contribution is 0.236. The fourth-order valence-electron chi connectivity index (χ4n) is 1.11. The summed E-state index contributed by atoms with van der Waals surface area (Å²) in [6, 6.07) is 0.681. The van der Waals surface area contributed by atoms with Crippen LogP contribution in [0.25, 0.3) is 0 Å². The van der Waals surface area contributed by atoms with Crippen LogP contribution < -0.4 is 5.43 Å². The molecule has 0 saturated heterocycles. The Morgan fingerprint density at radius 1 is 1.44 bits per heavy atom. The molecule has 0 aromatic heterocycles. The van der Waals surface area contributed by atoms with Crippen molar-refractivity contribution in [2.75, 3.05) is 14.1 Å². The van der Waals surface area contributed by atoms with Crippen LogP contribution in [0.15, 0.2) is 0 Å². The van der Waals surface area contributed by atoms with Gasteiger partial charge in [-0.1, -0.05) is 0 Å². The van der Waals surface area contributed by atoms with E-state index in [4.69, 9.17) is 0 Å². The Kier molecular flexibility index (Phi) is 2.09. The van der Waals surface area contributed by atoms with Gasteiger partial charge >= 0.3 is 0 Å². The first-order chi connectivity index (χ1) is 4.20. The molecule has 1 rings (SSSR count). The second kappa shape index (κ2) is 2.67. The van der Waals surface area contributed by atoms with Gasteiger partial charge in [0.1, 0.15) is 0 Å². The zero-order chi connectivity index (χ0) is 6.85. The molecular formula is C7H16N2. The Hall–Kier alpha value is -0.0800. The van der Waals surface area contributed by atoms with Gasteiger partial charge in [-0.05, 0) is 25.7 Å². The standard InChI is InChI=1S/C7H16N2/c1-6(7-4-5-7)8-9(2)3/h6-8H,4-5H2,1-3H3. The second-order valence-corrected chi connectivity index (χ2v) is 3.15. The molecule has 1 aliphatic rings. The van der Waals surface area contributed by atoms with Crippen LogP contribution in [0.2, 0.25) is 0 Å². The predicted octanol–water partition coefficient (Wildman–Crippen LogP) is 0.851. The molecule has 1 saturated carbocycles. The van der Waals surface area contributed by atoms with E-state index in [0.29, 0.717) is 6.04 Å². The van der Waals surface area contributed by atoms with Crippen molar-refractivity contribution < 1.29 is 0 Å². The number of nitrogens with one attached hydrogen (secondary N) is 1. The minimum Gasteiger partial charge on any atom is -0.253 e. The first kappa shape index (κ1) is 7.03. The summed E-state index contributed by atoms with van der Waals surface area (Å²) >= 11 is 0. The van der Waals surface area contributed by atoms with E-state index in [0.717, 1.165) is 5.92 Å². The van der Waals surface area contributed by atoms with E-state index in [1.165, 1.54) is 12.8 Å². The van der Waals surface area contributed by atoms with Crippen LogP contribution in [-0.2, 0) is 0 Å². The average Bonchev–Trinajstić information content (AvgIpc) is 2.40. The van der Waals surface area contributed by atoms with Crippen molar-refractivity contribution in [2.24, 2.45) is 5.92 Å². The molecule has 0 aromatic carbocycles. The quantitative estimate of drug-likeness (QED) is 0.567. The smallest absolute Gasteiger partial charge is 0.0215 e. The monoisotopic (exact) mass is 128 g/mol. The van der Waals surface area contributed by atoms with Gasteiger partial charge in [-0.15, -0.1) is 0 Å².